The van der Waals surface area contributed by atoms with Crippen LogP contribution in [0.25, 0.3) is 0 Å². The lowest BCUT2D eigenvalue weighted by Gasteiger charge is -2.40. The Kier molecular flexibility index (Phi) is 3.75. The zero-order valence-corrected chi connectivity index (χ0v) is 13.9. The van der Waals surface area contributed by atoms with Gasteiger partial charge in [0.05, 0.1) is 16.5 Å². The van der Waals surface area contributed by atoms with E-state index in [1.165, 1.54) is 0 Å². The zero-order chi connectivity index (χ0) is 15.7. The molecule has 0 saturated heterocycles. The average Bonchev–Trinajstić information content (AvgIpc) is 2.49. The summed E-state index contributed by atoms with van der Waals surface area (Å²) in [5, 5.41) is 18.0. The highest BCUT2D eigenvalue weighted by Gasteiger charge is 2.85. The first kappa shape index (κ1) is 16.8. The fourth-order valence-corrected chi connectivity index (χ4v) is 5.83. The summed E-state index contributed by atoms with van der Waals surface area (Å²) >= 11 is 36.8. The molecule has 3 atom stereocenters. The lowest BCUT2D eigenvalue weighted by Crippen LogP contribution is -2.53. The van der Waals surface area contributed by atoms with Gasteiger partial charge in [0, 0.05) is 0 Å². The molecule has 0 aliphatic heterocycles. The van der Waals surface area contributed by atoms with Gasteiger partial charge in [0.15, 0.2) is 4.33 Å². The molecule has 2 aliphatic carbocycles. The Bertz CT molecular complexity index is 560. The van der Waals surface area contributed by atoms with Gasteiger partial charge in [-0.15, -0.1) is 23.2 Å². The maximum absolute atomic E-state index is 11.7. The summed E-state index contributed by atoms with van der Waals surface area (Å²) in [7, 11) is 0. The summed E-state index contributed by atoms with van der Waals surface area (Å²) in [6.45, 7) is 0. The largest absolute Gasteiger partial charge is 0.481 e. The summed E-state index contributed by atoms with van der Waals surface area (Å²) in [6.07, 6.45) is -1.30. The van der Waals surface area contributed by atoms with Crippen LogP contribution in [0, 0.1) is 5.41 Å². The van der Waals surface area contributed by atoms with Crippen LogP contribution >= 0.6 is 69.6 Å². The van der Waals surface area contributed by atoms with E-state index >= 15 is 0 Å². The van der Waals surface area contributed by atoms with Crippen LogP contribution in [0.5, 0.6) is 0 Å². The summed E-state index contributed by atoms with van der Waals surface area (Å²) in [6, 6.07) is 0. The van der Waals surface area contributed by atoms with E-state index in [1.54, 1.807) is 0 Å². The Morgan fingerprint density at radius 1 is 1.05 bits per heavy atom. The standard InChI is InChI=1S/C10H6Cl6O4/c11-4-5(12)9(14)7(6(19)20,1-3(17)18)2-8(4,13)10(9,15)16/h1-2H2,(H,17,18)(H,19,20)/t7-,8-,9+/m0/s1. The second kappa shape index (κ2) is 4.46. The van der Waals surface area contributed by atoms with Crippen LogP contribution in [0.4, 0.5) is 0 Å². The molecule has 20 heavy (non-hydrogen) atoms. The van der Waals surface area contributed by atoms with Crippen molar-refractivity contribution in [3.05, 3.63) is 10.1 Å². The quantitative estimate of drug-likeness (QED) is 0.705. The molecule has 0 aromatic heterocycles. The van der Waals surface area contributed by atoms with Crippen molar-refractivity contribution in [3.63, 3.8) is 0 Å². The number of fused-ring (bicyclic) bond motifs is 2. The number of hydrogen-bond acceptors (Lipinski definition) is 2. The molecular formula is C10H6Cl6O4. The molecule has 0 aromatic rings. The molecule has 0 aromatic carbocycles. The molecule has 1 fully saturated rings. The smallest absolute Gasteiger partial charge is 0.312 e. The predicted molar refractivity (Wildman–Crippen MR) is 77.3 cm³/mol. The minimum atomic E-state index is -2.13. The lowest BCUT2D eigenvalue weighted by molar-refractivity contribution is -0.156. The van der Waals surface area contributed by atoms with Gasteiger partial charge in [-0.2, -0.15) is 0 Å². The Hall–Kier alpha value is 0.420. The topological polar surface area (TPSA) is 74.6 Å². The van der Waals surface area contributed by atoms with E-state index in [1.807, 2.05) is 0 Å². The Labute approximate surface area is 143 Å². The maximum atomic E-state index is 11.7. The number of carboxylic acids is 2. The molecule has 10 heteroatoms. The second-order valence-electron chi connectivity index (χ2n) is 4.80. The molecule has 2 rings (SSSR count). The monoisotopic (exact) mass is 400 g/mol. The summed E-state index contributed by atoms with van der Waals surface area (Å²) in [4.78, 5) is 18.8. The Morgan fingerprint density at radius 3 is 1.85 bits per heavy atom. The van der Waals surface area contributed by atoms with Gasteiger partial charge in [-0.3, -0.25) is 9.59 Å². The number of allylic oxidation sites excluding steroid dienone is 2. The Morgan fingerprint density at radius 2 is 1.55 bits per heavy atom. The molecule has 4 nitrogen and oxygen atoms in total. The normalized spacial score (nSPS) is 42.1. The van der Waals surface area contributed by atoms with Crippen LogP contribution in [0.2, 0.25) is 0 Å². The van der Waals surface area contributed by atoms with E-state index in [2.05, 4.69) is 0 Å². The fourth-order valence-electron chi connectivity index (χ4n) is 2.85. The van der Waals surface area contributed by atoms with Crippen LogP contribution in [-0.2, 0) is 9.59 Å². The van der Waals surface area contributed by atoms with Crippen molar-refractivity contribution in [2.24, 2.45) is 5.41 Å². The van der Waals surface area contributed by atoms with Gasteiger partial charge >= 0.3 is 11.9 Å². The van der Waals surface area contributed by atoms with Crippen molar-refractivity contribution in [1.82, 2.24) is 0 Å². The highest BCUT2D eigenvalue weighted by Crippen LogP contribution is 2.78. The number of aliphatic carboxylic acids is 2. The number of rotatable bonds is 3. The highest BCUT2D eigenvalue weighted by molar-refractivity contribution is 6.66. The van der Waals surface area contributed by atoms with E-state index in [0.29, 0.717) is 0 Å². The van der Waals surface area contributed by atoms with Gasteiger partial charge in [-0.05, 0) is 6.42 Å². The number of alkyl halides is 4. The van der Waals surface area contributed by atoms with E-state index in [9.17, 15) is 14.7 Å². The molecule has 0 radical (unpaired) electrons. The molecule has 0 unspecified atom stereocenters. The van der Waals surface area contributed by atoms with Crippen LogP contribution in [-0.4, -0.2) is 36.2 Å². The Balaban J connectivity index is 2.79. The number of hydrogen-bond donors (Lipinski definition) is 2. The molecule has 1 saturated carbocycles. The lowest BCUT2D eigenvalue weighted by atomic mass is 9.72. The summed E-state index contributed by atoms with van der Waals surface area (Å²) in [5.41, 5.74) is -2.07. The second-order valence-corrected chi connectivity index (χ2v) is 8.09. The summed E-state index contributed by atoms with van der Waals surface area (Å²) in [5.74, 6) is -2.91. The van der Waals surface area contributed by atoms with Crippen LogP contribution in [0.3, 0.4) is 0 Å². The number of carboxylic acid groups (broad SMARTS) is 2. The van der Waals surface area contributed by atoms with E-state index in [-0.39, 0.29) is 10.1 Å². The molecule has 2 aliphatic rings. The molecule has 2 bridgehead atoms. The number of carbonyl (C=O) groups is 2. The molecule has 0 heterocycles. The van der Waals surface area contributed by atoms with Crippen LogP contribution in [0.1, 0.15) is 12.8 Å². The van der Waals surface area contributed by atoms with Gasteiger partial charge < -0.3 is 10.2 Å². The van der Waals surface area contributed by atoms with Crippen LogP contribution < -0.4 is 0 Å². The highest BCUT2D eigenvalue weighted by atomic mass is 35.5. The first-order chi connectivity index (χ1) is 8.88. The predicted octanol–water partition coefficient (Wildman–Crippen LogP) is 3.77. The van der Waals surface area contributed by atoms with Crippen molar-refractivity contribution in [2.75, 3.05) is 0 Å². The van der Waals surface area contributed by atoms with E-state index in [4.69, 9.17) is 74.7 Å². The third kappa shape index (κ3) is 1.53. The SMILES string of the molecule is O=C(O)C[C@@]1(C(=O)O)C[C@]2(Cl)C(Cl)=C(Cl)[C@]1(Cl)C2(Cl)Cl. The van der Waals surface area contributed by atoms with Crippen molar-refractivity contribution >= 4 is 81.5 Å². The van der Waals surface area contributed by atoms with Crippen molar-refractivity contribution in [3.8, 4) is 0 Å². The summed E-state index contributed by atoms with van der Waals surface area (Å²) < 4.78 is -2.06. The molecule has 112 valence electrons. The molecular weight excluding hydrogens is 397 g/mol. The van der Waals surface area contributed by atoms with Crippen molar-refractivity contribution < 1.29 is 19.8 Å². The maximum Gasteiger partial charge on any atom is 0.312 e. The number of halogens is 6. The minimum absolute atomic E-state index is 0.164. The first-order valence-corrected chi connectivity index (χ1v) is 7.42. The molecule has 0 amide bonds. The van der Waals surface area contributed by atoms with Gasteiger partial charge in [-0.1, -0.05) is 46.4 Å². The van der Waals surface area contributed by atoms with Crippen molar-refractivity contribution in [1.29, 1.82) is 0 Å². The van der Waals surface area contributed by atoms with Crippen LogP contribution in [0.15, 0.2) is 10.1 Å². The van der Waals surface area contributed by atoms with Gasteiger partial charge in [-0.25, -0.2) is 0 Å². The fraction of sp³-hybridized carbons (Fsp3) is 0.600. The third-order valence-corrected chi connectivity index (χ3v) is 8.15. The molecule has 2 N–H and O–H groups in total. The zero-order valence-electron chi connectivity index (χ0n) is 9.39. The van der Waals surface area contributed by atoms with Gasteiger partial charge in [0.2, 0.25) is 0 Å². The van der Waals surface area contributed by atoms with Crippen molar-refractivity contribution in [2.45, 2.75) is 26.9 Å². The van der Waals surface area contributed by atoms with E-state index in [0.717, 1.165) is 0 Å². The molecule has 0 spiro atoms. The minimum Gasteiger partial charge on any atom is -0.481 e. The third-order valence-electron chi connectivity index (χ3n) is 3.84. The van der Waals surface area contributed by atoms with Gasteiger partial charge in [0.25, 0.3) is 0 Å². The van der Waals surface area contributed by atoms with Gasteiger partial charge in [0.1, 0.15) is 15.2 Å². The average molecular weight is 403 g/mol. The van der Waals surface area contributed by atoms with E-state index < -0.39 is 44.3 Å². The first-order valence-electron chi connectivity index (χ1n) is 5.15.